The maximum Gasteiger partial charge on any atom is 0.229 e. The molecule has 0 aromatic heterocycles. The van der Waals surface area contributed by atoms with Crippen molar-refractivity contribution in [1.82, 2.24) is 0 Å². The molecule has 1 aliphatic heterocycles. The van der Waals surface area contributed by atoms with E-state index in [4.69, 9.17) is 6.42 Å². The number of benzene rings is 1. The molecule has 1 amide bonds. The van der Waals surface area contributed by atoms with Crippen LogP contribution >= 0.6 is 0 Å². The quantitative estimate of drug-likeness (QED) is 0.613. The molecule has 3 nitrogen and oxygen atoms in total. The molecular formula is C11H8N2O. The third-order valence-corrected chi connectivity index (χ3v) is 1.94. The minimum absolute atomic E-state index is 0.0679. The molecule has 0 unspecified atom stereocenters. The topological polar surface area (TPSA) is 41.5 Å². The third kappa shape index (κ3) is 1.50. The van der Waals surface area contributed by atoms with Gasteiger partial charge in [-0.3, -0.25) is 9.79 Å². The molecule has 0 spiro atoms. The molecule has 3 heteroatoms. The summed E-state index contributed by atoms with van der Waals surface area (Å²) >= 11 is 0. The molecule has 1 aliphatic rings. The number of fused-ring (bicyclic) bond motifs is 1. The van der Waals surface area contributed by atoms with E-state index in [0.717, 1.165) is 11.3 Å². The number of aliphatic imine (C=N–C) groups is 1. The van der Waals surface area contributed by atoms with Crippen LogP contribution < -0.4 is 5.32 Å². The predicted octanol–water partition coefficient (Wildman–Crippen LogP) is 1.71. The predicted molar refractivity (Wildman–Crippen MR) is 55.8 cm³/mol. The lowest BCUT2D eigenvalue weighted by Crippen LogP contribution is -2.09. The second-order valence-corrected chi connectivity index (χ2v) is 2.94. The van der Waals surface area contributed by atoms with Gasteiger partial charge in [-0.15, -0.1) is 6.42 Å². The molecule has 0 saturated heterocycles. The minimum atomic E-state index is -0.0679. The van der Waals surface area contributed by atoms with Crippen LogP contribution in [0.3, 0.4) is 0 Å². The second-order valence-electron chi connectivity index (χ2n) is 2.94. The van der Waals surface area contributed by atoms with Crippen LogP contribution in [0.5, 0.6) is 0 Å². The van der Waals surface area contributed by atoms with Crippen LogP contribution in [0.2, 0.25) is 0 Å². The van der Waals surface area contributed by atoms with E-state index >= 15 is 0 Å². The summed E-state index contributed by atoms with van der Waals surface area (Å²) in [5.74, 6) is 2.44. The van der Waals surface area contributed by atoms with Gasteiger partial charge >= 0.3 is 0 Å². The highest BCUT2D eigenvalue weighted by molar-refractivity contribution is 6.03. The molecule has 14 heavy (non-hydrogen) atoms. The van der Waals surface area contributed by atoms with Gasteiger partial charge in [-0.05, 0) is 18.2 Å². The maximum absolute atomic E-state index is 11.2. The van der Waals surface area contributed by atoms with Crippen molar-refractivity contribution in [2.45, 2.75) is 6.42 Å². The van der Waals surface area contributed by atoms with Crippen LogP contribution in [-0.2, 0) is 4.79 Å². The molecule has 0 aliphatic carbocycles. The molecule has 0 radical (unpaired) electrons. The largest absolute Gasteiger partial charge is 0.324 e. The number of hydrogen-bond donors (Lipinski definition) is 1. The van der Waals surface area contributed by atoms with Gasteiger partial charge in [0.05, 0.1) is 17.8 Å². The molecule has 0 saturated carbocycles. The first-order chi connectivity index (χ1) is 6.79. The summed E-state index contributed by atoms with van der Waals surface area (Å²) in [6.45, 7) is 0. The van der Waals surface area contributed by atoms with Gasteiger partial charge in [0, 0.05) is 11.8 Å². The van der Waals surface area contributed by atoms with Crippen molar-refractivity contribution in [3.63, 3.8) is 0 Å². The second kappa shape index (κ2) is 3.35. The first-order valence-electron chi connectivity index (χ1n) is 4.22. The highest BCUT2D eigenvalue weighted by atomic mass is 16.1. The zero-order valence-corrected chi connectivity index (χ0v) is 7.45. The van der Waals surface area contributed by atoms with Crippen molar-refractivity contribution in [2.75, 3.05) is 5.32 Å². The smallest absolute Gasteiger partial charge is 0.229 e. The van der Waals surface area contributed by atoms with Crippen LogP contribution in [0.1, 0.15) is 12.0 Å². The van der Waals surface area contributed by atoms with E-state index in [9.17, 15) is 4.79 Å². The number of hydrogen-bond acceptors (Lipinski definition) is 2. The molecular weight excluding hydrogens is 176 g/mol. The van der Waals surface area contributed by atoms with Gasteiger partial charge in [0.15, 0.2) is 0 Å². The first-order valence-corrected chi connectivity index (χ1v) is 4.22. The summed E-state index contributed by atoms with van der Waals surface area (Å²) < 4.78 is 0. The van der Waals surface area contributed by atoms with Gasteiger partial charge in [0.25, 0.3) is 0 Å². The molecule has 0 bridgehead atoms. The summed E-state index contributed by atoms with van der Waals surface area (Å²) in [5, 5.41) is 2.74. The Morgan fingerprint density at radius 1 is 1.50 bits per heavy atom. The Kier molecular flexibility index (Phi) is 2.04. The zero-order chi connectivity index (χ0) is 9.97. The lowest BCUT2D eigenvalue weighted by molar-refractivity contribution is -0.115. The number of carbonyl (C=O) groups is 1. The monoisotopic (exact) mass is 184 g/mol. The van der Waals surface area contributed by atoms with Crippen molar-refractivity contribution in [1.29, 1.82) is 0 Å². The average molecular weight is 184 g/mol. The number of anilines is 1. The van der Waals surface area contributed by atoms with Crippen LogP contribution in [0.4, 0.5) is 11.4 Å². The van der Waals surface area contributed by atoms with E-state index in [-0.39, 0.29) is 5.91 Å². The highest BCUT2D eigenvalue weighted by Gasteiger charge is 2.09. The lowest BCUT2D eigenvalue weighted by Gasteiger charge is -2.04. The van der Waals surface area contributed by atoms with E-state index in [0.29, 0.717) is 12.1 Å². The summed E-state index contributed by atoms with van der Waals surface area (Å²) in [4.78, 5) is 15.3. The molecule has 1 N–H and O–H groups in total. The zero-order valence-electron chi connectivity index (χ0n) is 7.45. The SMILES string of the molecule is C#Cc1ccc2c(c1)NC(=O)CC=N2. The van der Waals surface area contributed by atoms with E-state index in [2.05, 4.69) is 16.2 Å². The molecule has 2 rings (SSSR count). The van der Waals surface area contributed by atoms with Crippen molar-refractivity contribution in [3.8, 4) is 12.3 Å². The van der Waals surface area contributed by atoms with Crippen molar-refractivity contribution in [2.24, 2.45) is 4.99 Å². The van der Waals surface area contributed by atoms with Gasteiger partial charge in [0.1, 0.15) is 0 Å². The average Bonchev–Trinajstić information content (AvgIpc) is 2.37. The number of nitrogens with zero attached hydrogens (tertiary/aromatic N) is 1. The van der Waals surface area contributed by atoms with E-state index < -0.39 is 0 Å². The van der Waals surface area contributed by atoms with Crippen LogP contribution in [0, 0.1) is 12.3 Å². The highest BCUT2D eigenvalue weighted by Crippen LogP contribution is 2.27. The van der Waals surface area contributed by atoms with Gasteiger partial charge in [-0.25, -0.2) is 0 Å². The number of rotatable bonds is 0. The van der Waals surface area contributed by atoms with Gasteiger partial charge < -0.3 is 5.32 Å². The Morgan fingerprint density at radius 3 is 3.14 bits per heavy atom. The van der Waals surface area contributed by atoms with Crippen LogP contribution in [0.15, 0.2) is 23.2 Å². The van der Waals surface area contributed by atoms with Crippen molar-refractivity contribution >= 4 is 23.5 Å². The Labute approximate surface area is 81.9 Å². The van der Waals surface area contributed by atoms with Gasteiger partial charge in [-0.2, -0.15) is 0 Å². The normalized spacial score (nSPS) is 13.8. The Hall–Kier alpha value is -2.08. The van der Waals surface area contributed by atoms with E-state index in [1.165, 1.54) is 0 Å². The molecule has 0 atom stereocenters. The number of amides is 1. The molecule has 0 fully saturated rings. The Morgan fingerprint density at radius 2 is 2.36 bits per heavy atom. The fourth-order valence-electron chi connectivity index (χ4n) is 1.27. The number of carbonyl (C=O) groups excluding carboxylic acids is 1. The van der Waals surface area contributed by atoms with Crippen molar-refractivity contribution < 1.29 is 4.79 Å². The fourth-order valence-corrected chi connectivity index (χ4v) is 1.27. The fraction of sp³-hybridized carbons (Fsp3) is 0.0909. The summed E-state index contributed by atoms with van der Waals surface area (Å²) in [6, 6.07) is 5.34. The lowest BCUT2D eigenvalue weighted by atomic mass is 10.2. The first kappa shape index (κ1) is 8.52. The van der Waals surface area contributed by atoms with Crippen molar-refractivity contribution in [3.05, 3.63) is 23.8 Å². The third-order valence-electron chi connectivity index (χ3n) is 1.94. The van der Waals surface area contributed by atoms with E-state index in [1.54, 1.807) is 24.4 Å². The summed E-state index contributed by atoms with van der Waals surface area (Å²) in [6.07, 6.45) is 7.16. The van der Waals surface area contributed by atoms with Crippen LogP contribution in [-0.4, -0.2) is 12.1 Å². The van der Waals surface area contributed by atoms with E-state index in [1.807, 2.05) is 0 Å². The van der Waals surface area contributed by atoms with Gasteiger partial charge in [0.2, 0.25) is 5.91 Å². The standard InChI is InChI=1S/C11H8N2O/c1-2-8-3-4-9-10(7-8)13-11(14)5-6-12-9/h1,3-4,6-7H,5H2,(H,13,14). The Balaban J connectivity index is 2.50. The number of terminal acetylenes is 1. The Bertz CT molecular complexity index is 455. The van der Waals surface area contributed by atoms with Crippen LogP contribution in [0.25, 0.3) is 0 Å². The summed E-state index contributed by atoms with van der Waals surface area (Å²) in [5.41, 5.74) is 2.16. The molecule has 68 valence electrons. The minimum Gasteiger partial charge on any atom is -0.324 e. The molecule has 1 aromatic carbocycles. The van der Waals surface area contributed by atoms with Gasteiger partial charge in [-0.1, -0.05) is 5.92 Å². The summed E-state index contributed by atoms with van der Waals surface area (Å²) in [7, 11) is 0. The maximum atomic E-state index is 11.2. The molecule has 1 heterocycles. The molecule has 1 aromatic rings. The number of nitrogens with one attached hydrogen (secondary N) is 1.